The Bertz CT molecular complexity index is 372. The zero-order valence-corrected chi connectivity index (χ0v) is 7.65. The minimum Gasteiger partial charge on any atom is -0.444 e. The summed E-state index contributed by atoms with van der Waals surface area (Å²) >= 11 is 3.27. The van der Waals surface area contributed by atoms with Crippen molar-refractivity contribution in [2.45, 2.75) is 0 Å². The molecule has 4 heteroatoms. The minimum atomic E-state index is 0.748. The van der Waals surface area contributed by atoms with E-state index in [4.69, 9.17) is 4.42 Å². The molecule has 0 unspecified atom stereocenters. The van der Waals surface area contributed by atoms with Gasteiger partial charge in [0, 0.05) is 11.8 Å². The molecule has 0 saturated heterocycles. The molecule has 0 aliphatic heterocycles. The molecule has 0 bridgehead atoms. The highest BCUT2D eigenvalue weighted by molar-refractivity contribution is 9.10. The van der Waals surface area contributed by atoms with E-state index in [2.05, 4.69) is 25.9 Å². The van der Waals surface area contributed by atoms with Crippen LogP contribution >= 0.6 is 15.9 Å². The Balaban J connectivity index is 2.48. The van der Waals surface area contributed by atoms with E-state index in [0.29, 0.717) is 0 Å². The fourth-order valence-electron chi connectivity index (χ4n) is 0.914. The Morgan fingerprint density at radius 1 is 1.42 bits per heavy atom. The van der Waals surface area contributed by atoms with Gasteiger partial charge in [-0.25, -0.2) is 9.97 Å². The maximum atomic E-state index is 5.11. The zero-order valence-electron chi connectivity index (χ0n) is 6.07. The third-order valence-corrected chi connectivity index (χ3v) is 1.88. The van der Waals surface area contributed by atoms with Gasteiger partial charge in [-0.15, -0.1) is 0 Å². The molecule has 12 heavy (non-hydrogen) atoms. The van der Waals surface area contributed by atoms with Gasteiger partial charge in [0.2, 0.25) is 0 Å². The number of oxazole rings is 1. The molecule has 2 rings (SSSR count). The standard InChI is InChI=1S/C8H5BrN2O/c9-8-3-6(1-2-11-8)7-4-10-5-12-7/h1-5H. The Labute approximate surface area is 77.6 Å². The average Bonchev–Trinajstić information content (AvgIpc) is 2.56. The topological polar surface area (TPSA) is 38.9 Å². The van der Waals surface area contributed by atoms with E-state index >= 15 is 0 Å². The van der Waals surface area contributed by atoms with Crippen molar-refractivity contribution >= 4 is 15.9 Å². The summed E-state index contributed by atoms with van der Waals surface area (Å²) in [5, 5.41) is 0. The fourth-order valence-corrected chi connectivity index (χ4v) is 1.28. The number of halogens is 1. The molecule has 2 aromatic rings. The van der Waals surface area contributed by atoms with Crippen molar-refractivity contribution in [3.63, 3.8) is 0 Å². The average molecular weight is 225 g/mol. The second kappa shape index (κ2) is 3.06. The van der Waals surface area contributed by atoms with E-state index in [0.717, 1.165) is 15.9 Å². The van der Waals surface area contributed by atoms with Gasteiger partial charge in [-0.1, -0.05) is 0 Å². The van der Waals surface area contributed by atoms with Crippen molar-refractivity contribution in [2.75, 3.05) is 0 Å². The van der Waals surface area contributed by atoms with Crippen LogP contribution in [0.5, 0.6) is 0 Å². The molecule has 0 atom stereocenters. The summed E-state index contributed by atoms with van der Waals surface area (Å²) in [4.78, 5) is 7.83. The third-order valence-electron chi connectivity index (χ3n) is 1.44. The molecule has 2 aromatic heterocycles. The van der Waals surface area contributed by atoms with Gasteiger partial charge in [0.25, 0.3) is 0 Å². The molecule has 0 saturated carbocycles. The van der Waals surface area contributed by atoms with Gasteiger partial charge in [-0.05, 0) is 28.1 Å². The Hall–Kier alpha value is -1.16. The van der Waals surface area contributed by atoms with Crippen LogP contribution in [0.3, 0.4) is 0 Å². The summed E-state index contributed by atoms with van der Waals surface area (Å²) in [6, 6.07) is 3.74. The van der Waals surface area contributed by atoms with Crippen LogP contribution in [-0.4, -0.2) is 9.97 Å². The predicted molar refractivity (Wildman–Crippen MR) is 47.4 cm³/mol. The largest absolute Gasteiger partial charge is 0.444 e. The normalized spacial score (nSPS) is 10.1. The Morgan fingerprint density at radius 2 is 2.33 bits per heavy atom. The van der Waals surface area contributed by atoms with Crippen LogP contribution in [0.4, 0.5) is 0 Å². The Kier molecular flexibility index (Phi) is 1.91. The molecular weight excluding hydrogens is 220 g/mol. The van der Waals surface area contributed by atoms with Gasteiger partial charge >= 0.3 is 0 Å². The van der Waals surface area contributed by atoms with Gasteiger partial charge in [0.05, 0.1) is 6.20 Å². The van der Waals surface area contributed by atoms with Crippen molar-refractivity contribution in [2.24, 2.45) is 0 Å². The lowest BCUT2D eigenvalue weighted by Crippen LogP contribution is -1.76. The molecule has 3 nitrogen and oxygen atoms in total. The molecule has 0 aliphatic carbocycles. The molecule has 0 N–H and O–H groups in total. The first kappa shape index (κ1) is 7.49. The predicted octanol–water partition coefficient (Wildman–Crippen LogP) is 2.50. The molecular formula is C8H5BrN2O. The van der Waals surface area contributed by atoms with Crippen LogP contribution in [0, 0.1) is 0 Å². The summed E-state index contributed by atoms with van der Waals surface area (Å²) in [5.41, 5.74) is 0.967. The van der Waals surface area contributed by atoms with Gasteiger partial charge in [-0.2, -0.15) is 0 Å². The zero-order chi connectivity index (χ0) is 8.39. The molecule has 2 heterocycles. The van der Waals surface area contributed by atoms with Crippen LogP contribution in [0.2, 0.25) is 0 Å². The number of hydrogen-bond donors (Lipinski definition) is 0. The summed E-state index contributed by atoms with van der Waals surface area (Å²) in [6.45, 7) is 0. The molecule has 0 fully saturated rings. The number of nitrogens with zero attached hydrogens (tertiary/aromatic N) is 2. The monoisotopic (exact) mass is 224 g/mol. The molecule has 0 aliphatic rings. The van der Waals surface area contributed by atoms with Crippen molar-refractivity contribution < 1.29 is 4.42 Å². The number of pyridine rings is 1. The molecule has 60 valence electrons. The van der Waals surface area contributed by atoms with E-state index in [9.17, 15) is 0 Å². The summed E-state index contributed by atoms with van der Waals surface area (Å²) in [5.74, 6) is 0.748. The maximum Gasteiger partial charge on any atom is 0.181 e. The second-order valence-corrected chi connectivity index (χ2v) is 3.05. The van der Waals surface area contributed by atoms with Gasteiger partial charge in [0.1, 0.15) is 4.60 Å². The van der Waals surface area contributed by atoms with Crippen molar-refractivity contribution in [1.29, 1.82) is 0 Å². The number of aromatic nitrogens is 2. The van der Waals surface area contributed by atoms with Crippen LogP contribution in [-0.2, 0) is 0 Å². The van der Waals surface area contributed by atoms with Crippen LogP contribution in [0.15, 0.2) is 39.9 Å². The van der Waals surface area contributed by atoms with E-state index in [1.54, 1.807) is 12.4 Å². The van der Waals surface area contributed by atoms with Gasteiger partial charge < -0.3 is 4.42 Å². The SMILES string of the molecule is Brc1cc(-c2cnco2)ccn1. The van der Waals surface area contributed by atoms with E-state index in [1.807, 2.05) is 12.1 Å². The third kappa shape index (κ3) is 1.38. The molecule has 0 spiro atoms. The van der Waals surface area contributed by atoms with Crippen molar-refractivity contribution in [1.82, 2.24) is 9.97 Å². The van der Waals surface area contributed by atoms with Crippen LogP contribution in [0.25, 0.3) is 11.3 Å². The molecule has 0 aromatic carbocycles. The fraction of sp³-hybridized carbons (Fsp3) is 0. The van der Waals surface area contributed by atoms with Crippen LogP contribution in [0.1, 0.15) is 0 Å². The van der Waals surface area contributed by atoms with Crippen LogP contribution < -0.4 is 0 Å². The highest BCUT2D eigenvalue weighted by atomic mass is 79.9. The highest BCUT2D eigenvalue weighted by Crippen LogP contribution is 2.20. The minimum absolute atomic E-state index is 0.748. The Morgan fingerprint density at radius 3 is 3.00 bits per heavy atom. The summed E-state index contributed by atoms with van der Waals surface area (Å²) < 4.78 is 5.90. The second-order valence-electron chi connectivity index (χ2n) is 2.23. The first-order valence-electron chi connectivity index (χ1n) is 3.37. The maximum absolute atomic E-state index is 5.11. The van der Waals surface area contributed by atoms with E-state index in [-0.39, 0.29) is 0 Å². The van der Waals surface area contributed by atoms with Crippen molar-refractivity contribution in [3.8, 4) is 11.3 Å². The smallest absolute Gasteiger partial charge is 0.181 e. The van der Waals surface area contributed by atoms with Gasteiger partial charge in [-0.3, -0.25) is 0 Å². The molecule has 0 amide bonds. The summed E-state index contributed by atoms with van der Waals surface area (Å²) in [6.07, 6.45) is 4.79. The highest BCUT2D eigenvalue weighted by Gasteiger charge is 2.00. The lowest BCUT2D eigenvalue weighted by molar-refractivity contribution is 0.572. The summed E-state index contributed by atoms with van der Waals surface area (Å²) in [7, 11) is 0. The first-order chi connectivity index (χ1) is 5.86. The number of hydrogen-bond acceptors (Lipinski definition) is 3. The number of rotatable bonds is 1. The first-order valence-corrected chi connectivity index (χ1v) is 4.16. The van der Waals surface area contributed by atoms with Gasteiger partial charge in [0.15, 0.2) is 12.2 Å². The molecule has 0 radical (unpaired) electrons. The lowest BCUT2D eigenvalue weighted by Gasteiger charge is -1.94. The lowest BCUT2D eigenvalue weighted by atomic mass is 10.2. The quantitative estimate of drug-likeness (QED) is 0.700. The van der Waals surface area contributed by atoms with E-state index in [1.165, 1.54) is 6.39 Å². The van der Waals surface area contributed by atoms with E-state index < -0.39 is 0 Å². The van der Waals surface area contributed by atoms with Crippen molar-refractivity contribution in [3.05, 3.63) is 35.5 Å².